The lowest BCUT2D eigenvalue weighted by Gasteiger charge is -2.10. The molecule has 0 bridgehead atoms. The Morgan fingerprint density at radius 3 is 2.91 bits per heavy atom. The van der Waals surface area contributed by atoms with Gasteiger partial charge in [-0.25, -0.2) is 0 Å². The number of guanidine groups is 1. The van der Waals surface area contributed by atoms with Gasteiger partial charge in [0.2, 0.25) is 0 Å². The van der Waals surface area contributed by atoms with Gasteiger partial charge in [-0.05, 0) is 31.4 Å². The average molecular weight is 303 g/mol. The Morgan fingerprint density at radius 2 is 2.23 bits per heavy atom. The van der Waals surface area contributed by atoms with E-state index in [4.69, 9.17) is 0 Å². The van der Waals surface area contributed by atoms with E-state index in [9.17, 15) is 0 Å². The molecular formula is C15H25N7. The summed E-state index contributed by atoms with van der Waals surface area (Å²) in [7, 11) is 1.93. The van der Waals surface area contributed by atoms with Crippen molar-refractivity contribution in [2.75, 3.05) is 19.6 Å². The summed E-state index contributed by atoms with van der Waals surface area (Å²) < 4.78 is 3.75. The van der Waals surface area contributed by atoms with Crippen LogP contribution in [-0.2, 0) is 20.0 Å². The van der Waals surface area contributed by atoms with Gasteiger partial charge in [-0.3, -0.25) is 14.4 Å². The Hall–Kier alpha value is -2.31. The molecule has 2 N–H and O–H groups in total. The number of nitrogens with zero attached hydrogens (tertiary/aromatic N) is 5. The van der Waals surface area contributed by atoms with Crippen LogP contribution in [0.4, 0.5) is 0 Å². The summed E-state index contributed by atoms with van der Waals surface area (Å²) in [6, 6.07) is 1.94. The summed E-state index contributed by atoms with van der Waals surface area (Å²) in [4.78, 5) is 4.58. The molecule has 0 radical (unpaired) electrons. The van der Waals surface area contributed by atoms with E-state index >= 15 is 0 Å². The molecule has 0 aromatic carbocycles. The van der Waals surface area contributed by atoms with Crippen molar-refractivity contribution in [3.8, 4) is 0 Å². The fraction of sp³-hybridized carbons (Fsp3) is 0.533. The molecule has 0 fully saturated rings. The first-order valence-electron chi connectivity index (χ1n) is 7.75. The van der Waals surface area contributed by atoms with Crippen LogP contribution >= 0.6 is 0 Å². The van der Waals surface area contributed by atoms with E-state index in [-0.39, 0.29) is 0 Å². The molecular weight excluding hydrogens is 278 g/mol. The second-order valence-corrected chi connectivity index (χ2v) is 5.08. The third-order valence-electron chi connectivity index (χ3n) is 3.18. The lowest BCUT2D eigenvalue weighted by Crippen LogP contribution is -2.38. The van der Waals surface area contributed by atoms with E-state index in [1.807, 2.05) is 41.1 Å². The molecule has 0 saturated carbocycles. The molecule has 22 heavy (non-hydrogen) atoms. The summed E-state index contributed by atoms with van der Waals surface area (Å²) in [6.07, 6.45) is 9.62. The second kappa shape index (κ2) is 8.86. The van der Waals surface area contributed by atoms with Crippen molar-refractivity contribution in [2.45, 2.75) is 26.3 Å². The van der Waals surface area contributed by atoms with Crippen molar-refractivity contribution in [3.05, 3.63) is 36.4 Å². The third kappa shape index (κ3) is 5.59. The molecule has 2 aromatic rings. The molecule has 0 aliphatic heterocycles. The predicted octanol–water partition coefficient (Wildman–Crippen LogP) is 0.804. The van der Waals surface area contributed by atoms with Gasteiger partial charge >= 0.3 is 0 Å². The van der Waals surface area contributed by atoms with Crippen LogP contribution in [0.2, 0.25) is 0 Å². The fourth-order valence-corrected chi connectivity index (χ4v) is 2.12. The number of aromatic nitrogens is 4. The van der Waals surface area contributed by atoms with Crippen molar-refractivity contribution in [1.82, 2.24) is 30.2 Å². The Balaban J connectivity index is 1.69. The van der Waals surface area contributed by atoms with Gasteiger partial charge in [0, 0.05) is 51.8 Å². The van der Waals surface area contributed by atoms with Gasteiger partial charge in [-0.15, -0.1) is 0 Å². The van der Waals surface area contributed by atoms with Gasteiger partial charge in [0.25, 0.3) is 0 Å². The molecule has 7 heteroatoms. The molecule has 2 rings (SSSR count). The minimum Gasteiger partial charge on any atom is -0.357 e. The number of hydrogen-bond acceptors (Lipinski definition) is 3. The van der Waals surface area contributed by atoms with E-state index in [0.29, 0.717) is 0 Å². The lowest BCUT2D eigenvalue weighted by molar-refractivity contribution is 0.584. The largest absolute Gasteiger partial charge is 0.357 e. The average Bonchev–Trinajstić information content (AvgIpc) is 3.15. The van der Waals surface area contributed by atoms with Crippen molar-refractivity contribution >= 4 is 5.96 Å². The third-order valence-corrected chi connectivity index (χ3v) is 3.18. The van der Waals surface area contributed by atoms with Crippen LogP contribution in [0.15, 0.2) is 35.8 Å². The molecule has 0 unspecified atom stereocenters. The minimum atomic E-state index is 0.780. The Morgan fingerprint density at radius 1 is 1.32 bits per heavy atom. The van der Waals surface area contributed by atoms with Gasteiger partial charge < -0.3 is 10.6 Å². The molecule has 0 aliphatic carbocycles. The van der Waals surface area contributed by atoms with Gasteiger partial charge in [0.05, 0.1) is 6.20 Å². The summed E-state index contributed by atoms with van der Waals surface area (Å²) in [5, 5.41) is 15.0. The normalized spacial score (nSPS) is 11.6. The number of nitrogens with one attached hydrogen (secondary N) is 2. The van der Waals surface area contributed by atoms with Crippen LogP contribution in [-0.4, -0.2) is 45.2 Å². The quantitative estimate of drug-likeness (QED) is 0.430. The van der Waals surface area contributed by atoms with E-state index in [0.717, 1.165) is 45.0 Å². The Bertz CT molecular complexity index is 556. The summed E-state index contributed by atoms with van der Waals surface area (Å²) in [5.41, 5.74) is 1.23. The van der Waals surface area contributed by atoms with Crippen molar-refractivity contribution in [3.63, 3.8) is 0 Å². The standard InChI is InChI=1S/C15H25N7/c1-3-16-15(17-7-4-10-22-11-5-8-19-22)18-9-6-14-12-20-21(2)13-14/h5,8,11-13H,3-4,6-7,9-10H2,1-2H3,(H2,16,17,18). The van der Waals surface area contributed by atoms with Crippen LogP contribution in [0.25, 0.3) is 0 Å². The van der Waals surface area contributed by atoms with Gasteiger partial charge in [-0.2, -0.15) is 10.2 Å². The molecule has 0 atom stereocenters. The maximum atomic E-state index is 4.58. The van der Waals surface area contributed by atoms with Crippen LogP contribution in [0.1, 0.15) is 18.9 Å². The molecule has 7 nitrogen and oxygen atoms in total. The zero-order valence-corrected chi connectivity index (χ0v) is 13.4. The predicted molar refractivity (Wildman–Crippen MR) is 87.7 cm³/mol. The van der Waals surface area contributed by atoms with Crippen LogP contribution < -0.4 is 10.6 Å². The van der Waals surface area contributed by atoms with Crippen molar-refractivity contribution in [1.29, 1.82) is 0 Å². The van der Waals surface area contributed by atoms with Crippen molar-refractivity contribution < 1.29 is 0 Å². The topological polar surface area (TPSA) is 72.1 Å². The first-order chi connectivity index (χ1) is 10.8. The van der Waals surface area contributed by atoms with Crippen LogP contribution in [0.3, 0.4) is 0 Å². The zero-order chi connectivity index (χ0) is 15.6. The highest BCUT2D eigenvalue weighted by Crippen LogP contribution is 1.96. The Kier molecular flexibility index (Phi) is 6.47. The first-order valence-corrected chi connectivity index (χ1v) is 7.75. The SMILES string of the molecule is CCNC(=NCCCn1cccn1)NCCc1cnn(C)c1. The number of rotatable bonds is 8. The molecule has 0 aliphatic rings. The van der Waals surface area contributed by atoms with Gasteiger partial charge in [0.15, 0.2) is 5.96 Å². The molecule has 2 heterocycles. The van der Waals surface area contributed by atoms with Gasteiger partial charge in [0.1, 0.15) is 0 Å². The van der Waals surface area contributed by atoms with Gasteiger partial charge in [-0.1, -0.05) is 0 Å². The number of hydrogen-bond donors (Lipinski definition) is 2. The fourth-order valence-electron chi connectivity index (χ4n) is 2.12. The van der Waals surface area contributed by atoms with E-state index in [2.05, 4.69) is 32.7 Å². The van der Waals surface area contributed by atoms with E-state index in [1.165, 1.54) is 5.56 Å². The van der Waals surface area contributed by atoms with Crippen LogP contribution in [0, 0.1) is 0 Å². The first kappa shape index (κ1) is 16.1. The summed E-state index contributed by atoms with van der Waals surface area (Å²) in [5.74, 6) is 0.867. The van der Waals surface area contributed by atoms with E-state index in [1.54, 1.807) is 6.20 Å². The maximum absolute atomic E-state index is 4.58. The molecule has 0 saturated heterocycles. The zero-order valence-electron chi connectivity index (χ0n) is 13.4. The number of aliphatic imine (C=N–C) groups is 1. The number of aryl methyl sites for hydroxylation is 2. The summed E-state index contributed by atoms with van der Waals surface area (Å²) >= 11 is 0. The molecule has 2 aromatic heterocycles. The molecule has 120 valence electrons. The second-order valence-electron chi connectivity index (χ2n) is 5.08. The van der Waals surface area contributed by atoms with Crippen LogP contribution in [0.5, 0.6) is 0 Å². The maximum Gasteiger partial charge on any atom is 0.191 e. The Labute approximate surface area is 131 Å². The highest BCUT2D eigenvalue weighted by molar-refractivity contribution is 5.79. The molecule has 0 spiro atoms. The minimum absolute atomic E-state index is 0.780. The van der Waals surface area contributed by atoms with E-state index < -0.39 is 0 Å². The smallest absolute Gasteiger partial charge is 0.191 e. The summed E-state index contributed by atoms with van der Waals surface area (Å²) in [6.45, 7) is 5.45. The highest BCUT2D eigenvalue weighted by Gasteiger charge is 1.99. The highest BCUT2D eigenvalue weighted by atomic mass is 15.3. The monoisotopic (exact) mass is 303 g/mol. The molecule has 0 amide bonds. The van der Waals surface area contributed by atoms with Crippen molar-refractivity contribution in [2.24, 2.45) is 12.0 Å². The lowest BCUT2D eigenvalue weighted by atomic mass is 10.2.